The number of halogens is 1. The van der Waals surface area contributed by atoms with Gasteiger partial charge in [-0.3, -0.25) is 0 Å². The van der Waals surface area contributed by atoms with Gasteiger partial charge in [0.25, 0.3) is 0 Å². The van der Waals surface area contributed by atoms with Crippen molar-refractivity contribution in [3.63, 3.8) is 0 Å². The average Bonchev–Trinajstić information content (AvgIpc) is 2.96. The lowest BCUT2D eigenvalue weighted by Crippen LogP contribution is -2.27. The first kappa shape index (κ1) is 14.5. The number of ether oxygens (including phenoxy) is 1. The number of methoxy groups -OCH3 is 1. The molecular weight excluding hydrogens is 285 g/mol. The fraction of sp³-hybridized carbons (Fsp3) is 0.412. The highest BCUT2D eigenvalue weighted by atomic mass is 32.1. The number of hydrogen-bond donors (Lipinski definition) is 1. The molecule has 1 N–H and O–H groups in total. The van der Waals surface area contributed by atoms with Crippen molar-refractivity contribution in [2.24, 2.45) is 0 Å². The predicted octanol–water partition coefficient (Wildman–Crippen LogP) is 4.62. The van der Waals surface area contributed by atoms with Gasteiger partial charge in [-0.15, -0.1) is 11.3 Å². The van der Waals surface area contributed by atoms with Crippen molar-refractivity contribution in [1.82, 2.24) is 5.32 Å². The van der Waals surface area contributed by atoms with Crippen LogP contribution in [0.1, 0.15) is 47.9 Å². The number of hydrogen-bond acceptors (Lipinski definition) is 3. The maximum Gasteiger partial charge on any atom is 0.123 e. The third-order valence-electron chi connectivity index (χ3n) is 4.16. The fourth-order valence-corrected chi connectivity index (χ4v) is 4.08. The van der Waals surface area contributed by atoms with Crippen LogP contribution in [0.15, 0.2) is 29.6 Å². The first-order chi connectivity index (χ1) is 10.2. The molecule has 1 heterocycles. The molecular formula is C17H20FNOS. The van der Waals surface area contributed by atoms with Gasteiger partial charge in [0, 0.05) is 22.5 Å². The highest BCUT2D eigenvalue weighted by Gasteiger charge is 2.24. The lowest BCUT2D eigenvalue weighted by atomic mass is 9.92. The standard InChI is InChI=1S/C17H20FNOS/c1-11(14-10-12(18)6-7-16(14)20-2)19-15-4-3-5-17-13(15)8-9-21-17/h6-11,15,19H,3-5H2,1-2H3. The minimum Gasteiger partial charge on any atom is -0.496 e. The Morgan fingerprint density at radius 3 is 3.05 bits per heavy atom. The van der Waals surface area contributed by atoms with Crippen LogP contribution < -0.4 is 10.1 Å². The number of aryl methyl sites for hydroxylation is 1. The van der Waals surface area contributed by atoms with Crippen LogP contribution >= 0.6 is 11.3 Å². The monoisotopic (exact) mass is 305 g/mol. The smallest absolute Gasteiger partial charge is 0.123 e. The van der Waals surface area contributed by atoms with Crippen LogP contribution in [0.5, 0.6) is 5.75 Å². The van der Waals surface area contributed by atoms with Gasteiger partial charge in [0.05, 0.1) is 7.11 Å². The fourth-order valence-electron chi connectivity index (χ4n) is 3.09. The van der Waals surface area contributed by atoms with Gasteiger partial charge >= 0.3 is 0 Å². The van der Waals surface area contributed by atoms with Gasteiger partial charge < -0.3 is 10.1 Å². The quantitative estimate of drug-likeness (QED) is 0.889. The van der Waals surface area contributed by atoms with E-state index in [1.165, 1.54) is 29.3 Å². The van der Waals surface area contributed by atoms with Crippen molar-refractivity contribution in [1.29, 1.82) is 0 Å². The summed E-state index contributed by atoms with van der Waals surface area (Å²) in [5, 5.41) is 5.80. The van der Waals surface area contributed by atoms with E-state index in [1.807, 2.05) is 11.3 Å². The second-order valence-corrected chi connectivity index (χ2v) is 6.52. The summed E-state index contributed by atoms with van der Waals surface area (Å²) >= 11 is 1.84. The summed E-state index contributed by atoms with van der Waals surface area (Å²) in [6.45, 7) is 2.07. The molecule has 0 aliphatic heterocycles. The van der Waals surface area contributed by atoms with Crippen molar-refractivity contribution < 1.29 is 9.13 Å². The summed E-state index contributed by atoms with van der Waals surface area (Å²) in [5.41, 5.74) is 2.29. The molecule has 0 fully saturated rings. The minimum absolute atomic E-state index is 0.0477. The largest absolute Gasteiger partial charge is 0.496 e. The van der Waals surface area contributed by atoms with E-state index >= 15 is 0 Å². The molecule has 0 spiro atoms. The summed E-state index contributed by atoms with van der Waals surface area (Å²) < 4.78 is 18.9. The van der Waals surface area contributed by atoms with Gasteiger partial charge in [0.15, 0.2) is 0 Å². The molecule has 2 aromatic rings. The van der Waals surface area contributed by atoms with E-state index in [0.29, 0.717) is 6.04 Å². The highest BCUT2D eigenvalue weighted by Crippen LogP contribution is 2.36. The lowest BCUT2D eigenvalue weighted by molar-refractivity contribution is 0.381. The van der Waals surface area contributed by atoms with E-state index in [9.17, 15) is 4.39 Å². The topological polar surface area (TPSA) is 21.3 Å². The second-order valence-electron chi connectivity index (χ2n) is 5.52. The van der Waals surface area contributed by atoms with Crippen molar-refractivity contribution >= 4 is 11.3 Å². The van der Waals surface area contributed by atoms with Gasteiger partial charge in [-0.2, -0.15) is 0 Å². The number of thiophene rings is 1. The maximum atomic E-state index is 13.5. The Kier molecular flexibility index (Phi) is 4.27. The van der Waals surface area contributed by atoms with Gasteiger partial charge in [-0.25, -0.2) is 4.39 Å². The van der Waals surface area contributed by atoms with Gasteiger partial charge in [-0.05, 0) is 61.4 Å². The van der Waals surface area contributed by atoms with E-state index in [4.69, 9.17) is 4.74 Å². The summed E-state index contributed by atoms with van der Waals surface area (Å²) in [6.07, 6.45) is 3.52. The molecule has 1 aliphatic carbocycles. The van der Waals surface area contributed by atoms with Crippen molar-refractivity contribution in [3.8, 4) is 5.75 Å². The summed E-state index contributed by atoms with van der Waals surface area (Å²) in [6, 6.07) is 7.31. The summed E-state index contributed by atoms with van der Waals surface area (Å²) in [7, 11) is 1.63. The Labute approximate surface area is 129 Å². The van der Waals surface area contributed by atoms with Crippen molar-refractivity contribution in [2.75, 3.05) is 7.11 Å². The molecule has 0 saturated heterocycles. The van der Waals surface area contributed by atoms with E-state index in [0.717, 1.165) is 17.7 Å². The first-order valence-electron chi connectivity index (χ1n) is 7.35. The third kappa shape index (κ3) is 2.97. The Morgan fingerprint density at radius 1 is 1.38 bits per heavy atom. The Balaban J connectivity index is 1.82. The number of fused-ring (bicyclic) bond motifs is 1. The molecule has 2 unspecified atom stereocenters. The maximum absolute atomic E-state index is 13.5. The van der Waals surface area contributed by atoms with E-state index in [-0.39, 0.29) is 11.9 Å². The zero-order valence-corrected chi connectivity index (χ0v) is 13.2. The van der Waals surface area contributed by atoms with Crippen LogP contribution in [0.3, 0.4) is 0 Å². The number of rotatable bonds is 4. The van der Waals surface area contributed by atoms with E-state index in [2.05, 4.69) is 23.7 Å². The zero-order valence-electron chi connectivity index (χ0n) is 12.4. The molecule has 1 aliphatic rings. The van der Waals surface area contributed by atoms with Gasteiger partial charge in [0.2, 0.25) is 0 Å². The van der Waals surface area contributed by atoms with E-state index in [1.54, 1.807) is 19.2 Å². The molecule has 4 heteroatoms. The molecule has 0 saturated carbocycles. The van der Waals surface area contributed by atoms with Crippen LogP contribution in [0.25, 0.3) is 0 Å². The Hall–Kier alpha value is -1.39. The third-order valence-corrected chi connectivity index (χ3v) is 5.16. The van der Waals surface area contributed by atoms with Gasteiger partial charge in [-0.1, -0.05) is 0 Å². The van der Waals surface area contributed by atoms with Crippen LogP contribution in [0.4, 0.5) is 4.39 Å². The first-order valence-corrected chi connectivity index (χ1v) is 8.22. The molecule has 2 nitrogen and oxygen atoms in total. The molecule has 3 rings (SSSR count). The van der Waals surface area contributed by atoms with Crippen molar-refractivity contribution in [3.05, 3.63) is 51.5 Å². The highest BCUT2D eigenvalue weighted by molar-refractivity contribution is 7.10. The average molecular weight is 305 g/mol. The van der Waals surface area contributed by atoms with E-state index < -0.39 is 0 Å². The van der Waals surface area contributed by atoms with Crippen LogP contribution in [0.2, 0.25) is 0 Å². The number of nitrogens with one attached hydrogen (secondary N) is 1. The van der Waals surface area contributed by atoms with Gasteiger partial charge in [0.1, 0.15) is 11.6 Å². The zero-order chi connectivity index (χ0) is 14.8. The number of benzene rings is 1. The van der Waals surface area contributed by atoms with Crippen LogP contribution in [-0.4, -0.2) is 7.11 Å². The summed E-state index contributed by atoms with van der Waals surface area (Å²) in [4.78, 5) is 1.48. The van der Waals surface area contributed by atoms with Crippen LogP contribution in [0, 0.1) is 5.82 Å². The SMILES string of the molecule is COc1ccc(F)cc1C(C)NC1CCCc2sccc21. The predicted molar refractivity (Wildman–Crippen MR) is 84.5 cm³/mol. The van der Waals surface area contributed by atoms with Crippen LogP contribution in [-0.2, 0) is 6.42 Å². The summed E-state index contributed by atoms with van der Waals surface area (Å²) in [5.74, 6) is 0.511. The Bertz CT molecular complexity index is 625. The molecule has 0 radical (unpaired) electrons. The molecule has 112 valence electrons. The molecule has 0 bridgehead atoms. The molecule has 0 amide bonds. The van der Waals surface area contributed by atoms with Crippen molar-refractivity contribution in [2.45, 2.75) is 38.3 Å². The molecule has 21 heavy (non-hydrogen) atoms. The molecule has 2 atom stereocenters. The molecule has 1 aromatic heterocycles. The lowest BCUT2D eigenvalue weighted by Gasteiger charge is -2.28. The second kappa shape index (κ2) is 6.16. The normalized spacial score (nSPS) is 19.1. The molecule has 1 aromatic carbocycles. The Morgan fingerprint density at radius 2 is 2.24 bits per heavy atom. The minimum atomic E-state index is -0.223.